The molecule has 0 saturated carbocycles. The van der Waals surface area contributed by atoms with E-state index < -0.39 is 15.1 Å². The van der Waals surface area contributed by atoms with Gasteiger partial charge in [-0.05, 0) is 30.4 Å². The fourth-order valence-corrected chi connectivity index (χ4v) is 6.02. The largest absolute Gasteiger partial charge is 0.223 e. The Morgan fingerprint density at radius 2 is 1.45 bits per heavy atom. The molecular formula is C19H20O2S. The summed E-state index contributed by atoms with van der Waals surface area (Å²) in [5.74, 6) is 0.0832. The first-order valence-electron chi connectivity index (χ1n) is 7.56. The zero-order valence-electron chi connectivity index (χ0n) is 12.9. The summed E-state index contributed by atoms with van der Waals surface area (Å²) in [6.45, 7) is 3.97. The molecule has 2 atom stereocenters. The Bertz CT molecular complexity index is 790. The summed E-state index contributed by atoms with van der Waals surface area (Å²) in [5.41, 5.74) is 2.65. The van der Waals surface area contributed by atoms with Crippen molar-refractivity contribution in [1.82, 2.24) is 0 Å². The number of benzene rings is 2. The number of hydrogen-bond donors (Lipinski definition) is 0. The van der Waals surface area contributed by atoms with Crippen LogP contribution in [0.5, 0.6) is 0 Å². The van der Waals surface area contributed by atoms with Crippen molar-refractivity contribution < 1.29 is 8.42 Å². The van der Waals surface area contributed by atoms with E-state index in [1.165, 1.54) is 0 Å². The normalized spacial score (nSPS) is 24.3. The molecule has 2 nitrogen and oxygen atoms in total. The first kappa shape index (κ1) is 15.0. The zero-order chi connectivity index (χ0) is 15.7. The summed E-state index contributed by atoms with van der Waals surface area (Å²) >= 11 is 0. The van der Waals surface area contributed by atoms with Crippen LogP contribution in [0.25, 0.3) is 4.91 Å². The average molecular weight is 312 g/mol. The van der Waals surface area contributed by atoms with E-state index in [2.05, 4.69) is 0 Å². The number of sulfone groups is 1. The molecule has 0 bridgehead atoms. The molecule has 0 spiro atoms. The maximum absolute atomic E-state index is 13.3. The molecule has 1 aliphatic heterocycles. The Labute approximate surface area is 132 Å². The lowest BCUT2D eigenvalue weighted by atomic mass is 9.92. The third-order valence-corrected chi connectivity index (χ3v) is 6.87. The van der Waals surface area contributed by atoms with Crippen LogP contribution in [0.15, 0.2) is 66.2 Å². The highest BCUT2D eigenvalue weighted by molar-refractivity contribution is 8.01. The van der Waals surface area contributed by atoms with Crippen LogP contribution in [0.2, 0.25) is 0 Å². The van der Waals surface area contributed by atoms with Crippen LogP contribution in [0, 0.1) is 5.92 Å². The maximum atomic E-state index is 13.3. The summed E-state index contributed by atoms with van der Waals surface area (Å²) in [5, 5.41) is -0.465. The van der Waals surface area contributed by atoms with Crippen molar-refractivity contribution in [3.8, 4) is 0 Å². The van der Waals surface area contributed by atoms with E-state index in [-0.39, 0.29) is 5.92 Å². The summed E-state index contributed by atoms with van der Waals surface area (Å²) < 4.78 is 26.6. The molecular weight excluding hydrogens is 292 g/mol. The molecule has 0 N–H and O–H groups in total. The second-order valence-corrected chi connectivity index (χ2v) is 8.04. The van der Waals surface area contributed by atoms with Crippen molar-refractivity contribution in [2.45, 2.75) is 25.5 Å². The van der Waals surface area contributed by atoms with E-state index in [0.717, 1.165) is 23.1 Å². The monoisotopic (exact) mass is 312 g/mol. The van der Waals surface area contributed by atoms with Gasteiger partial charge in [0.1, 0.15) is 0 Å². The highest BCUT2D eigenvalue weighted by Gasteiger charge is 2.40. The standard InChI is InChI=1S/C19H20O2S/c1-14-13-15(2)19(17-11-7-4-8-12-17)22(20,21)18(14)16-9-5-3-6-10-16/h3-12,14,18H,13H2,1-2H3. The van der Waals surface area contributed by atoms with Gasteiger partial charge in [-0.3, -0.25) is 0 Å². The van der Waals surface area contributed by atoms with E-state index >= 15 is 0 Å². The van der Waals surface area contributed by atoms with Crippen molar-refractivity contribution in [3.63, 3.8) is 0 Å². The van der Waals surface area contributed by atoms with E-state index in [9.17, 15) is 8.42 Å². The molecule has 22 heavy (non-hydrogen) atoms. The van der Waals surface area contributed by atoms with Gasteiger partial charge < -0.3 is 0 Å². The Hall–Kier alpha value is -1.87. The van der Waals surface area contributed by atoms with Gasteiger partial charge in [-0.15, -0.1) is 0 Å². The SMILES string of the molecule is CC1=C(c2ccccc2)S(=O)(=O)C(c2ccccc2)C(C)C1. The number of hydrogen-bond acceptors (Lipinski definition) is 2. The van der Waals surface area contributed by atoms with Gasteiger partial charge in [0.2, 0.25) is 0 Å². The minimum atomic E-state index is -3.39. The van der Waals surface area contributed by atoms with Crippen molar-refractivity contribution >= 4 is 14.7 Å². The molecule has 2 unspecified atom stereocenters. The molecule has 114 valence electrons. The molecule has 0 saturated heterocycles. The third kappa shape index (κ3) is 2.50. The van der Waals surface area contributed by atoms with Crippen LogP contribution < -0.4 is 0 Å². The van der Waals surface area contributed by atoms with Crippen molar-refractivity contribution in [3.05, 3.63) is 77.4 Å². The Morgan fingerprint density at radius 3 is 2.05 bits per heavy atom. The van der Waals surface area contributed by atoms with Gasteiger partial charge in [0.25, 0.3) is 0 Å². The topological polar surface area (TPSA) is 34.1 Å². The minimum absolute atomic E-state index is 0.0832. The van der Waals surface area contributed by atoms with Gasteiger partial charge in [-0.25, -0.2) is 8.42 Å². The molecule has 1 aliphatic rings. The van der Waals surface area contributed by atoms with E-state index in [4.69, 9.17) is 0 Å². The van der Waals surface area contributed by atoms with Gasteiger partial charge in [0.15, 0.2) is 9.84 Å². The maximum Gasteiger partial charge on any atom is 0.186 e. The Morgan fingerprint density at radius 1 is 0.909 bits per heavy atom. The summed E-state index contributed by atoms with van der Waals surface area (Å²) in [7, 11) is -3.39. The van der Waals surface area contributed by atoms with Gasteiger partial charge in [-0.1, -0.05) is 73.2 Å². The molecule has 0 aromatic heterocycles. The second kappa shape index (κ2) is 5.73. The summed E-state index contributed by atoms with van der Waals surface area (Å²) in [6, 6.07) is 19.0. The lowest BCUT2D eigenvalue weighted by molar-refractivity contribution is 0.509. The molecule has 2 aromatic rings. The minimum Gasteiger partial charge on any atom is -0.223 e. The smallest absolute Gasteiger partial charge is 0.186 e. The Kier molecular flexibility index (Phi) is 3.92. The average Bonchev–Trinajstić information content (AvgIpc) is 2.48. The Balaban J connectivity index is 2.18. The summed E-state index contributed by atoms with van der Waals surface area (Å²) in [4.78, 5) is 0.514. The van der Waals surface area contributed by atoms with Gasteiger partial charge >= 0.3 is 0 Å². The van der Waals surface area contributed by atoms with E-state index in [0.29, 0.717) is 4.91 Å². The fourth-order valence-electron chi connectivity index (χ4n) is 3.51. The molecule has 0 fully saturated rings. The molecule has 2 aromatic carbocycles. The van der Waals surface area contributed by atoms with Gasteiger partial charge in [-0.2, -0.15) is 0 Å². The van der Waals surface area contributed by atoms with Crippen LogP contribution in [0.4, 0.5) is 0 Å². The predicted molar refractivity (Wildman–Crippen MR) is 90.9 cm³/mol. The van der Waals surface area contributed by atoms with Crippen molar-refractivity contribution in [2.75, 3.05) is 0 Å². The first-order chi connectivity index (χ1) is 10.5. The molecule has 0 amide bonds. The fraction of sp³-hybridized carbons (Fsp3) is 0.263. The molecule has 0 aliphatic carbocycles. The van der Waals surface area contributed by atoms with Crippen LogP contribution >= 0.6 is 0 Å². The highest BCUT2D eigenvalue weighted by Crippen LogP contribution is 2.46. The highest BCUT2D eigenvalue weighted by atomic mass is 32.2. The zero-order valence-corrected chi connectivity index (χ0v) is 13.7. The number of rotatable bonds is 2. The van der Waals surface area contributed by atoms with Crippen molar-refractivity contribution in [2.24, 2.45) is 5.92 Å². The third-order valence-electron chi connectivity index (χ3n) is 4.32. The number of allylic oxidation sites excluding steroid dienone is 1. The van der Waals surface area contributed by atoms with Crippen molar-refractivity contribution in [1.29, 1.82) is 0 Å². The lowest BCUT2D eigenvalue weighted by Crippen LogP contribution is -2.26. The lowest BCUT2D eigenvalue weighted by Gasteiger charge is -2.32. The molecule has 0 radical (unpaired) electrons. The van der Waals surface area contributed by atoms with Gasteiger partial charge in [0.05, 0.1) is 10.2 Å². The predicted octanol–water partition coefficient (Wildman–Crippen LogP) is 4.61. The van der Waals surface area contributed by atoms with Crippen LogP contribution in [-0.2, 0) is 9.84 Å². The van der Waals surface area contributed by atoms with Crippen LogP contribution in [0.1, 0.15) is 36.6 Å². The van der Waals surface area contributed by atoms with E-state index in [1.54, 1.807) is 0 Å². The van der Waals surface area contributed by atoms with Gasteiger partial charge in [0, 0.05) is 0 Å². The molecule has 3 rings (SSSR count). The van der Waals surface area contributed by atoms with Crippen LogP contribution in [-0.4, -0.2) is 8.42 Å². The summed E-state index contributed by atoms with van der Waals surface area (Å²) in [6.07, 6.45) is 0.809. The van der Waals surface area contributed by atoms with Crippen LogP contribution in [0.3, 0.4) is 0 Å². The second-order valence-electron chi connectivity index (χ2n) is 6.03. The quantitative estimate of drug-likeness (QED) is 0.811. The van der Waals surface area contributed by atoms with E-state index in [1.807, 2.05) is 74.5 Å². The molecule has 1 heterocycles. The first-order valence-corrected chi connectivity index (χ1v) is 9.10. The molecule has 3 heteroatoms.